The SMILES string of the molecule is O=C(O)CCC(=O)Nc1n[nH]c2c(C(=O)N[C@@H]3CCc4cc(C(=O)O)ccc43)ncnc12. The summed E-state index contributed by atoms with van der Waals surface area (Å²) in [5, 5.41) is 29.8. The molecule has 2 aromatic heterocycles. The molecule has 0 spiro atoms. The van der Waals surface area contributed by atoms with Crippen LogP contribution in [0.1, 0.15) is 57.3 Å². The minimum Gasteiger partial charge on any atom is -0.481 e. The van der Waals surface area contributed by atoms with E-state index in [1.54, 1.807) is 12.1 Å². The molecule has 0 unspecified atom stereocenters. The van der Waals surface area contributed by atoms with Gasteiger partial charge in [-0.25, -0.2) is 14.8 Å². The Hall–Kier alpha value is -4.35. The number of aryl methyl sites for hydroxylation is 1. The number of anilines is 1. The number of carboxylic acids is 2. The second-order valence-corrected chi connectivity index (χ2v) is 7.24. The summed E-state index contributed by atoms with van der Waals surface area (Å²) in [5.41, 5.74) is 2.39. The molecular weight excluding hydrogens is 420 g/mol. The van der Waals surface area contributed by atoms with Crippen molar-refractivity contribution in [2.45, 2.75) is 31.7 Å². The van der Waals surface area contributed by atoms with Crippen LogP contribution in [-0.4, -0.2) is 54.1 Å². The molecule has 1 atom stereocenters. The zero-order chi connectivity index (χ0) is 22.8. The Bertz CT molecular complexity index is 1250. The summed E-state index contributed by atoms with van der Waals surface area (Å²) in [7, 11) is 0. The quantitative estimate of drug-likeness (QED) is 0.362. The molecule has 2 heterocycles. The van der Waals surface area contributed by atoms with E-state index in [1.807, 2.05) is 0 Å². The molecular formula is C20H18N6O6. The Morgan fingerprint density at radius 3 is 2.69 bits per heavy atom. The van der Waals surface area contributed by atoms with Crippen LogP contribution in [0.3, 0.4) is 0 Å². The number of aromatic nitrogens is 4. The van der Waals surface area contributed by atoms with E-state index in [0.717, 1.165) is 11.1 Å². The maximum absolute atomic E-state index is 12.9. The molecule has 1 aromatic carbocycles. The normalized spacial score (nSPS) is 14.7. The van der Waals surface area contributed by atoms with Gasteiger partial charge in [0.25, 0.3) is 5.91 Å². The molecule has 1 aliphatic rings. The number of fused-ring (bicyclic) bond motifs is 2. The summed E-state index contributed by atoms with van der Waals surface area (Å²) in [5.74, 6) is -3.06. The number of hydrogen-bond donors (Lipinski definition) is 5. The number of hydrogen-bond acceptors (Lipinski definition) is 7. The van der Waals surface area contributed by atoms with Gasteiger partial charge in [-0.05, 0) is 36.1 Å². The number of carboxylic acid groups (broad SMARTS) is 2. The molecule has 1 aliphatic carbocycles. The van der Waals surface area contributed by atoms with Crippen molar-refractivity contribution in [2.75, 3.05) is 5.32 Å². The number of nitrogens with zero attached hydrogens (tertiary/aromatic N) is 3. The first kappa shape index (κ1) is 20.9. The second kappa shape index (κ2) is 8.41. The Kier molecular flexibility index (Phi) is 5.50. The molecule has 3 aromatic rings. The molecule has 12 heteroatoms. The van der Waals surface area contributed by atoms with Gasteiger partial charge in [0, 0.05) is 6.42 Å². The Morgan fingerprint density at radius 2 is 1.94 bits per heavy atom. The van der Waals surface area contributed by atoms with E-state index >= 15 is 0 Å². The van der Waals surface area contributed by atoms with Crippen molar-refractivity contribution in [3.8, 4) is 0 Å². The molecule has 0 saturated heterocycles. The molecule has 0 saturated carbocycles. The fourth-order valence-corrected chi connectivity index (χ4v) is 3.64. The zero-order valence-electron chi connectivity index (χ0n) is 16.6. The van der Waals surface area contributed by atoms with Crippen molar-refractivity contribution in [1.29, 1.82) is 0 Å². The number of carbonyl (C=O) groups is 4. The van der Waals surface area contributed by atoms with Crippen LogP contribution >= 0.6 is 0 Å². The minimum absolute atomic E-state index is 0.0316. The highest BCUT2D eigenvalue weighted by molar-refractivity contribution is 6.07. The highest BCUT2D eigenvalue weighted by atomic mass is 16.4. The maximum atomic E-state index is 12.9. The number of carbonyl (C=O) groups excluding carboxylic acids is 2. The molecule has 2 amide bonds. The van der Waals surface area contributed by atoms with E-state index in [-0.39, 0.29) is 47.0 Å². The van der Waals surface area contributed by atoms with E-state index in [9.17, 15) is 19.2 Å². The van der Waals surface area contributed by atoms with E-state index in [1.165, 1.54) is 12.4 Å². The molecule has 0 radical (unpaired) electrons. The van der Waals surface area contributed by atoms with Crippen LogP contribution in [-0.2, 0) is 16.0 Å². The van der Waals surface area contributed by atoms with Gasteiger partial charge in [-0.1, -0.05) is 6.07 Å². The molecule has 4 rings (SSSR count). The first-order valence-electron chi connectivity index (χ1n) is 9.71. The van der Waals surface area contributed by atoms with Gasteiger partial charge in [0.15, 0.2) is 11.5 Å². The number of aromatic amines is 1. The van der Waals surface area contributed by atoms with Crippen LogP contribution in [0.4, 0.5) is 5.82 Å². The predicted molar refractivity (Wildman–Crippen MR) is 109 cm³/mol. The number of amides is 2. The highest BCUT2D eigenvalue weighted by Gasteiger charge is 2.27. The average molecular weight is 438 g/mol. The van der Waals surface area contributed by atoms with Gasteiger partial charge in [0.05, 0.1) is 18.0 Å². The van der Waals surface area contributed by atoms with Crippen molar-refractivity contribution in [3.05, 3.63) is 46.9 Å². The summed E-state index contributed by atoms with van der Waals surface area (Å²) in [6, 6.07) is 4.51. The lowest BCUT2D eigenvalue weighted by molar-refractivity contribution is -0.138. The van der Waals surface area contributed by atoms with Gasteiger partial charge in [-0.2, -0.15) is 5.10 Å². The van der Waals surface area contributed by atoms with E-state index < -0.39 is 23.8 Å². The topological polar surface area (TPSA) is 187 Å². The van der Waals surface area contributed by atoms with Crippen molar-refractivity contribution >= 4 is 40.6 Å². The number of rotatable bonds is 7. The van der Waals surface area contributed by atoms with Gasteiger partial charge >= 0.3 is 11.9 Å². The lowest BCUT2D eigenvalue weighted by atomic mass is 10.0. The molecule has 0 bridgehead atoms. The summed E-state index contributed by atoms with van der Waals surface area (Å²) in [4.78, 5) is 54.7. The van der Waals surface area contributed by atoms with Gasteiger partial charge in [0.1, 0.15) is 17.4 Å². The largest absolute Gasteiger partial charge is 0.481 e. The predicted octanol–water partition coefficient (Wildman–Crippen LogP) is 1.27. The molecule has 164 valence electrons. The van der Waals surface area contributed by atoms with E-state index in [0.29, 0.717) is 12.8 Å². The number of H-pyrrole nitrogens is 1. The summed E-state index contributed by atoms with van der Waals surface area (Å²) < 4.78 is 0. The molecule has 32 heavy (non-hydrogen) atoms. The van der Waals surface area contributed by atoms with E-state index in [2.05, 4.69) is 30.8 Å². The minimum atomic E-state index is -1.10. The summed E-state index contributed by atoms with van der Waals surface area (Å²) in [6.45, 7) is 0. The third-order valence-corrected chi connectivity index (χ3v) is 5.16. The van der Waals surface area contributed by atoms with Gasteiger partial charge in [-0.15, -0.1) is 0 Å². The fourth-order valence-electron chi connectivity index (χ4n) is 3.64. The third-order valence-electron chi connectivity index (χ3n) is 5.16. The molecule has 0 aliphatic heterocycles. The maximum Gasteiger partial charge on any atom is 0.335 e. The second-order valence-electron chi connectivity index (χ2n) is 7.24. The lowest BCUT2D eigenvalue weighted by Gasteiger charge is -2.14. The van der Waals surface area contributed by atoms with Crippen LogP contribution in [0.15, 0.2) is 24.5 Å². The Morgan fingerprint density at radius 1 is 1.12 bits per heavy atom. The van der Waals surface area contributed by atoms with Crippen molar-refractivity contribution in [1.82, 2.24) is 25.5 Å². The van der Waals surface area contributed by atoms with Gasteiger partial charge in [-0.3, -0.25) is 19.5 Å². The molecule has 12 nitrogen and oxygen atoms in total. The van der Waals surface area contributed by atoms with Crippen molar-refractivity contribution in [3.63, 3.8) is 0 Å². The summed E-state index contributed by atoms with van der Waals surface area (Å²) >= 11 is 0. The first-order chi connectivity index (χ1) is 15.3. The fraction of sp³-hybridized carbons (Fsp3) is 0.250. The third kappa shape index (κ3) is 4.10. The smallest absolute Gasteiger partial charge is 0.335 e. The highest BCUT2D eigenvalue weighted by Crippen LogP contribution is 2.32. The van der Waals surface area contributed by atoms with Crippen LogP contribution in [0.2, 0.25) is 0 Å². The van der Waals surface area contributed by atoms with Gasteiger partial charge < -0.3 is 20.8 Å². The zero-order valence-corrected chi connectivity index (χ0v) is 16.6. The van der Waals surface area contributed by atoms with Crippen molar-refractivity contribution < 1.29 is 29.4 Å². The van der Waals surface area contributed by atoms with Crippen LogP contribution < -0.4 is 10.6 Å². The first-order valence-corrected chi connectivity index (χ1v) is 9.71. The average Bonchev–Trinajstić information content (AvgIpc) is 3.36. The Balaban J connectivity index is 1.52. The number of aliphatic carboxylic acids is 1. The molecule has 5 N–H and O–H groups in total. The number of benzene rings is 1. The molecule has 0 fully saturated rings. The summed E-state index contributed by atoms with van der Waals surface area (Å²) in [6.07, 6.45) is 1.87. The van der Waals surface area contributed by atoms with Crippen LogP contribution in [0.5, 0.6) is 0 Å². The number of nitrogens with one attached hydrogen (secondary N) is 3. The van der Waals surface area contributed by atoms with Crippen molar-refractivity contribution in [2.24, 2.45) is 0 Å². The number of aromatic carboxylic acids is 1. The standard InChI is InChI=1S/C20H18N6O6/c27-13(5-6-14(28)29)24-18-16-15(25-26-18)17(22-8-21-16)19(30)23-12-4-2-9-7-10(20(31)32)1-3-11(9)12/h1,3,7-8,12H,2,4-6H2,(H,23,30)(H,28,29)(H,31,32)(H2,24,25,26,27)/t12-/m1/s1. The Labute approximate surface area is 180 Å². The van der Waals surface area contributed by atoms with Crippen LogP contribution in [0.25, 0.3) is 11.0 Å². The monoisotopic (exact) mass is 438 g/mol. The van der Waals surface area contributed by atoms with Crippen LogP contribution in [0, 0.1) is 0 Å². The lowest BCUT2D eigenvalue weighted by Crippen LogP contribution is -2.28. The van der Waals surface area contributed by atoms with E-state index in [4.69, 9.17) is 10.2 Å². The van der Waals surface area contributed by atoms with Gasteiger partial charge in [0.2, 0.25) is 5.91 Å².